The van der Waals surface area contributed by atoms with E-state index in [1.807, 2.05) is 24.3 Å². The fourth-order valence-electron chi connectivity index (χ4n) is 3.37. The summed E-state index contributed by atoms with van der Waals surface area (Å²) in [6, 6.07) is 13.9. The van der Waals surface area contributed by atoms with Gasteiger partial charge >= 0.3 is 0 Å². The SMILES string of the molecule is C[C@H]1CCCCN1C(c1ccc(F)cc1)c1ccc(F)cc1. The largest absolute Gasteiger partial charge is 0.290 e. The molecule has 0 unspecified atom stereocenters. The number of hydrogen-bond acceptors (Lipinski definition) is 1. The molecule has 116 valence electrons. The summed E-state index contributed by atoms with van der Waals surface area (Å²) in [6.07, 6.45) is 3.58. The molecule has 1 heterocycles. The minimum atomic E-state index is -0.228. The van der Waals surface area contributed by atoms with Crippen LogP contribution < -0.4 is 0 Å². The van der Waals surface area contributed by atoms with Crippen LogP contribution in [0.15, 0.2) is 48.5 Å². The molecule has 1 fully saturated rings. The molecule has 0 N–H and O–H groups in total. The van der Waals surface area contributed by atoms with E-state index in [1.165, 1.54) is 43.5 Å². The first kappa shape index (κ1) is 15.2. The maximum atomic E-state index is 13.3. The average Bonchev–Trinajstić information content (AvgIpc) is 2.53. The van der Waals surface area contributed by atoms with Crippen LogP contribution >= 0.6 is 0 Å². The number of halogens is 2. The second kappa shape index (κ2) is 6.57. The van der Waals surface area contributed by atoms with Gasteiger partial charge in [0.05, 0.1) is 6.04 Å². The molecule has 22 heavy (non-hydrogen) atoms. The first-order valence-corrected chi connectivity index (χ1v) is 7.92. The lowest BCUT2D eigenvalue weighted by molar-refractivity contribution is 0.125. The van der Waals surface area contributed by atoms with E-state index in [4.69, 9.17) is 0 Å². The minimum Gasteiger partial charge on any atom is -0.290 e. The van der Waals surface area contributed by atoms with Crippen molar-refractivity contribution in [3.63, 3.8) is 0 Å². The monoisotopic (exact) mass is 301 g/mol. The van der Waals surface area contributed by atoms with Crippen LogP contribution in [0.25, 0.3) is 0 Å². The summed E-state index contributed by atoms with van der Waals surface area (Å²) in [5, 5.41) is 0. The summed E-state index contributed by atoms with van der Waals surface area (Å²) in [4.78, 5) is 2.45. The fraction of sp³-hybridized carbons (Fsp3) is 0.368. The third kappa shape index (κ3) is 3.20. The van der Waals surface area contributed by atoms with Crippen molar-refractivity contribution in [3.8, 4) is 0 Å². The Hall–Kier alpha value is -1.74. The predicted molar refractivity (Wildman–Crippen MR) is 84.7 cm³/mol. The van der Waals surface area contributed by atoms with Gasteiger partial charge in [0.15, 0.2) is 0 Å². The molecule has 0 saturated carbocycles. The van der Waals surface area contributed by atoms with Crippen molar-refractivity contribution in [1.82, 2.24) is 4.90 Å². The molecule has 2 aromatic rings. The predicted octanol–water partition coefficient (Wildman–Crippen LogP) is 4.93. The maximum absolute atomic E-state index is 13.3. The molecule has 3 heteroatoms. The Bertz CT molecular complexity index is 561. The van der Waals surface area contributed by atoms with Gasteiger partial charge in [-0.15, -0.1) is 0 Å². The van der Waals surface area contributed by atoms with Gasteiger partial charge in [0, 0.05) is 6.04 Å². The lowest BCUT2D eigenvalue weighted by atomic mass is 9.92. The van der Waals surface area contributed by atoms with Gasteiger partial charge in [0.2, 0.25) is 0 Å². The molecule has 0 spiro atoms. The number of rotatable bonds is 3. The molecule has 1 atom stereocenters. The van der Waals surface area contributed by atoms with Crippen LogP contribution in [0, 0.1) is 11.6 Å². The summed E-state index contributed by atoms with van der Waals surface area (Å²) < 4.78 is 26.5. The van der Waals surface area contributed by atoms with Gasteiger partial charge in [-0.2, -0.15) is 0 Å². The van der Waals surface area contributed by atoms with E-state index in [9.17, 15) is 8.78 Å². The average molecular weight is 301 g/mol. The lowest BCUT2D eigenvalue weighted by Gasteiger charge is -2.40. The van der Waals surface area contributed by atoms with Gasteiger partial charge in [-0.25, -0.2) is 8.78 Å². The highest BCUT2D eigenvalue weighted by molar-refractivity contribution is 5.32. The molecule has 0 radical (unpaired) electrons. The number of likely N-dealkylation sites (tertiary alicyclic amines) is 1. The van der Waals surface area contributed by atoms with Gasteiger partial charge in [-0.05, 0) is 61.7 Å². The standard InChI is InChI=1S/C19H21F2N/c1-14-4-2-3-13-22(14)19(15-5-9-17(20)10-6-15)16-7-11-18(21)12-8-16/h5-12,14,19H,2-4,13H2,1H3/t14-/m0/s1. The Morgan fingerprint density at radius 2 is 1.36 bits per heavy atom. The van der Waals surface area contributed by atoms with Crippen molar-refractivity contribution in [3.05, 3.63) is 71.3 Å². The van der Waals surface area contributed by atoms with E-state index in [2.05, 4.69) is 11.8 Å². The highest BCUT2D eigenvalue weighted by Gasteiger charge is 2.28. The second-order valence-corrected chi connectivity index (χ2v) is 6.09. The number of benzene rings is 2. The van der Waals surface area contributed by atoms with E-state index < -0.39 is 0 Å². The summed E-state index contributed by atoms with van der Waals surface area (Å²) >= 11 is 0. The summed E-state index contributed by atoms with van der Waals surface area (Å²) in [6.45, 7) is 3.25. The minimum absolute atomic E-state index is 0.0523. The summed E-state index contributed by atoms with van der Waals surface area (Å²) in [7, 11) is 0. The Morgan fingerprint density at radius 3 is 1.82 bits per heavy atom. The second-order valence-electron chi connectivity index (χ2n) is 6.09. The van der Waals surface area contributed by atoms with Crippen LogP contribution in [0.4, 0.5) is 8.78 Å². The topological polar surface area (TPSA) is 3.24 Å². The molecule has 0 aromatic heterocycles. The molecule has 0 amide bonds. The van der Waals surface area contributed by atoms with E-state index in [0.717, 1.165) is 17.7 Å². The Kier molecular flexibility index (Phi) is 4.53. The first-order chi connectivity index (χ1) is 10.6. The molecule has 0 bridgehead atoms. The van der Waals surface area contributed by atoms with Crippen molar-refractivity contribution in [2.75, 3.05) is 6.54 Å². The number of nitrogens with zero attached hydrogens (tertiary/aromatic N) is 1. The molecule has 1 aliphatic heterocycles. The highest BCUT2D eigenvalue weighted by Crippen LogP contribution is 2.34. The maximum Gasteiger partial charge on any atom is 0.123 e. The molecule has 3 rings (SSSR count). The smallest absolute Gasteiger partial charge is 0.123 e. The lowest BCUT2D eigenvalue weighted by Crippen LogP contribution is -2.40. The van der Waals surface area contributed by atoms with Crippen molar-refractivity contribution in [2.24, 2.45) is 0 Å². The highest BCUT2D eigenvalue weighted by atomic mass is 19.1. The van der Waals surface area contributed by atoms with Crippen LogP contribution in [-0.2, 0) is 0 Å². The van der Waals surface area contributed by atoms with E-state index >= 15 is 0 Å². The van der Waals surface area contributed by atoms with Crippen molar-refractivity contribution in [2.45, 2.75) is 38.3 Å². The zero-order valence-corrected chi connectivity index (χ0v) is 12.8. The number of hydrogen-bond donors (Lipinski definition) is 0. The number of piperidine rings is 1. The van der Waals surface area contributed by atoms with Gasteiger partial charge < -0.3 is 0 Å². The molecule has 2 aromatic carbocycles. The van der Waals surface area contributed by atoms with E-state index in [1.54, 1.807) is 0 Å². The van der Waals surface area contributed by atoms with Crippen LogP contribution in [0.2, 0.25) is 0 Å². The van der Waals surface area contributed by atoms with Gasteiger partial charge in [0.25, 0.3) is 0 Å². The van der Waals surface area contributed by atoms with Crippen LogP contribution in [0.1, 0.15) is 43.4 Å². The van der Waals surface area contributed by atoms with Gasteiger partial charge in [0.1, 0.15) is 11.6 Å². The Morgan fingerprint density at radius 1 is 0.864 bits per heavy atom. The first-order valence-electron chi connectivity index (χ1n) is 7.92. The summed E-state index contributed by atoms with van der Waals surface area (Å²) in [5.41, 5.74) is 2.11. The van der Waals surface area contributed by atoms with Crippen LogP contribution in [-0.4, -0.2) is 17.5 Å². The molecular weight excluding hydrogens is 280 g/mol. The fourth-order valence-corrected chi connectivity index (χ4v) is 3.37. The van der Waals surface area contributed by atoms with Crippen molar-refractivity contribution >= 4 is 0 Å². The quantitative estimate of drug-likeness (QED) is 0.777. The Balaban J connectivity index is 2.01. The van der Waals surface area contributed by atoms with E-state index in [-0.39, 0.29) is 17.7 Å². The molecular formula is C19H21F2N. The van der Waals surface area contributed by atoms with Gasteiger partial charge in [-0.3, -0.25) is 4.90 Å². The van der Waals surface area contributed by atoms with Crippen LogP contribution in [0.5, 0.6) is 0 Å². The third-order valence-corrected chi connectivity index (χ3v) is 4.56. The van der Waals surface area contributed by atoms with Crippen molar-refractivity contribution in [1.29, 1.82) is 0 Å². The normalized spacial score (nSPS) is 19.5. The Labute approximate surface area is 130 Å². The molecule has 1 nitrogen and oxygen atoms in total. The third-order valence-electron chi connectivity index (χ3n) is 4.56. The zero-order valence-electron chi connectivity index (χ0n) is 12.8. The molecule has 1 saturated heterocycles. The molecule has 1 aliphatic rings. The van der Waals surface area contributed by atoms with Gasteiger partial charge in [-0.1, -0.05) is 30.7 Å². The zero-order chi connectivity index (χ0) is 15.5. The van der Waals surface area contributed by atoms with E-state index in [0.29, 0.717) is 6.04 Å². The molecule has 0 aliphatic carbocycles. The summed E-state index contributed by atoms with van der Waals surface area (Å²) in [5.74, 6) is -0.457. The van der Waals surface area contributed by atoms with Crippen molar-refractivity contribution < 1.29 is 8.78 Å². The van der Waals surface area contributed by atoms with Crippen LogP contribution in [0.3, 0.4) is 0 Å².